The van der Waals surface area contributed by atoms with Crippen molar-refractivity contribution in [1.29, 1.82) is 0 Å². The fraction of sp³-hybridized carbons (Fsp3) is 0.413. The lowest BCUT2D eigenvalue weighted by atomic mass is 9.91. The minimum absolute atomic E-state index is 0.0241. The van der Waals surface area contributed by atoms with Gasteiger partial charge in [-0.05, 0) is 86.8 Å². The zero-order chi connectivity index (χ0) is 42.4. The van der Waals surface area contributed by atoms with Crippen LogP contribution in [0, 0.1) is 0 Å². The van der Waals surface area contributed by atoms with E-state index in [1.165, 1.54) is 0 Å². The van der Waals surface area contributed by atoms with Crippen LogP contribution in [0.5, 0.6) is 5.75 Å². The Hall–Kier alpha value is -6.06. The molecule has 15 heteroatoms. The first-order valence-corrected chi connectivity index (χ1v) is 21.3. The molecule has 4 aliphatic rings. The number of benzene rings is 3. The van der Waals surface area contributed by atoms with E-state index >= 15 is 4.39 Å². The van der Waals surface area contributed by atoms with E-state index in [2.05, 4.69) is 49.1 Å². The Bertz CT molecular complexity index is 2440. The third kappa shape index (κ3) is 8.11. The summed E-state index contributed by atoms with van der Waals surface area (Å²) >= 11 is 0. The van der Waals surface area contributed by atoms with Gasteiger partial charge in [0, 0.05) is 105 Å². The summed E-state index contributed by atoms with van der Waals surface area (Å²) in [6.07, 6.45) is 4.32. The maximum Gasteiger partial charge on any atom is 0.328 e. The number of morpholine rings is 1. The number of nitrogen functional groups attached to an aromatic ring is 1. The van der Waals surface area contributed by atoms with Gasteiger partial charge in [-0.1, -0.05) is 24.3 Å². The van der Waals surface area contributed by atoms with Crippen LogP contribution < -0.4 is 20.9 Å². The quantitative estimate of drug-likeness (QED) is 0.158. The van der Waals surface area contributed by atoms with Crippen LogP contribution in [0.15, 0.2) is 85.1 Å². The number of nitrogens with one attached hydrogen (secondary N) is 1. The Morgan fingerprint density at radius 3 is 2.44 bits per heavy atom. The first-order chi connectivity index (χ1) is 29.4. The molecule has 4 fully saturated rings. The van der Waals surface area contributed by atoms with Gasteiger partial charge in [-0.15, -0.1) is 10.2 Å². The van der Waals surface area contributed by atoms with Gasteiger partial charge in [-0.25, -0.2) is 9.18 Å². The molecule has 4 amide bonds. The Labute approximate surface area is 354 Å². The summed E-state index contributed by atoms with van der Waals surface area (Å²) < 4.78 is 25.1. The minimum Gasteiger partial charge on any atom is -0.507 e. The number of rotatable bonds is 8. The van der Waals surface area contributed by atoms with Gasteiger partial charge in [-0.3, -0.25) is 19.8 Å². The van der Waals surface area contributed by atoms with Gasteiger partial charge in [0.25, 0.3) is 5.91 Å². The zero-order valence-electron chi connectivity index (χ0n) is 34.5. The molecule has 318 valence electrons. The van der Waals surface area contributed by atoms with Gasteiger partial charge in [0.1, 0.15) is 17.5 Å². The molecule has 4 N–H and O–H groups in total. The number of likely N-dealkylation sites (tertiary alicyclic amines) is 2. The van der Waals surface area contributed by atoms with E-state index in [0.29, 0.717) is 68.1 Å². The van der Waals surface area contributed by atoms with Gasteiger partial charge in [-0.2, -0.15) is 0 Å². The van der Waals surface area contributed by atoms with Crippen molar-refractivity contribution in [2.75, 3.05) is 61.3 Å². The number of hydrogen-bond acceptors (Lipinski definition) is 10. The van der Waals surface area contributed by atoms with E-state index in [1.807, 2.05) is 61.5 Å². The van der Waals surface area contributed by atoms with Crippen molar-refractivity contribution < 1.29 is 28.6 Å². The lowest BCUT2D eigenvalue weighted by molar-refractivity contribution is -0.120. The molecule has 9 rings (SSSR count). The van der Waals surface area contributed by atoms with Crippen molar-refractivity contribution in [3.63, 3.8) is 0 Å². The molecular formula is C46H52FN9O5. The number of amides is 4. The number of alkyl halides is 1. The number of piperidine rings is 2. The number of anilines is 3. The number of halogens is 1. The van der Waals surface area contributed by atoms with Crippen molar-refractivity contribution in [3.8, 4) is 17.0 Å². The number of imide groups is 1. The largest absolute Gasteiger partial charge is 0.507 e. The number of carbonyl (C=O) groups excluding carboxylic acids is 3. The summed E-state index contributed by atoms with van der Waals surface area (Å²) in [6, 6.07) is 24.3. The van der Waals surface area contributed by atoms with Crippen molar-refractivity contribution in [3.05, 3.63) is 96.2 Å². The number of nitrogens with zero attached hydrogens (tertiary/aromatic N) is 7. The van der Waals surface area contributed by atoms with Crippen LogP contribution in [0.4, 0.5) is 26.4 Å². The highest BCUT2D eigenvalue weighted by molar-refractivity contribution is 6.06. The summed E-state index contributed by atoms with van der Waals surface area (Å²) in [7, 11) is 0. The third-order valence-electron chi connectivity index (χ3n) is 13.2. The second kappa shape index (κ2) is 16.4. The average Bonchev–Trinajstić information content (AvgIpc) is 3.69. The lowest BCUT2D eigenvalue weighted by Crippen LogP contribution is -2.51. The number of fused-ring (bicyclic) bond motifs is 1. The monoisotopic (exact) mass is 829 g/mol. The molecule has 61 heavy (non-hydrogen) atoms. The summed E-state index contributed by atoms with van der Waals surface area (Å²) in [5.41, 5.74) is 10.1. The lowest BCUT2D eigenvalue weighted by Gasteiger charge is -2.44. The molecule has 0 unspecified atom stereocenters. The number of nitrogens with two attached hydrogens (primary N) is 1. The fourth-order valence-electron chi connectivity index (χ4n) is 9.46. The number of urea groups is 1. The second-order valence-corrected chi connectivity index (χ2v) is 17.0. The van der Waals surface area contributed by atoms with E-state index < -0.39 is 11.7 Å². The van der Waals surface area contributed by atoms with Crippen LogP contribution in [-0.2, 0) is 9.53 Å². The van der Waals surface area contributed by atoms with Crippen molar-refractivity contribution >= 4 is 45.9 Å². The van der Waals surface area contributed by atoms with E-state index in [9.17, 15) is 19.5 Å². The number of aromatic nitrogens is 3. The van der Waals surface area contributed by atoms with Gasteiger partial charge in [0.2, 0.25) is 5.91 Å². The van der Waals surface area contributed by atoms with Crippen LogP contribution in [0.1, 0.15) is 74.0 Å². The molecule has 3 aromatic carbocycles. The van der Waals surface area contributed by atoms with Crippen LogP contribution in [0.25, 0.3) is 22.2 Å². The third-order valence-corrected chi connectivity index (χ3v) is 13.2. The molecule has 0 saturated carbocycles. The predicted molar refractivity (Wildman–Crippen MR) is 231 cm³/mol. The van der Waals surface area contributed by atoms with Crippen molar-refractivity contribution in [1.82, 2.24) is 29.9 Å². The standard InChI is InChI=1S/C46H52FN9O5/c1-29-30(2)61-41(27-56(29)39-26-37(50-51-43(39)48)36-5-3-4-6-40(36)57)31-7-9-32(10-8-31)44(59)53-23-17-46(47,18-24-53)28-52-19-14-34(15-20-52)54-21-13-33-25-35(11-12-38(33)54)55-22-16-42(58)49-45(55)60/h3-13,21,25-26,29-30,34,41,57H,14-20,22-24,27-28H2,1-2H3,(H2,48,51)(H,49,58,60)/t29-,30+,41+/m0/s1. The SMILES string of the molecule is C[C@H]1O[C@@H](c2ccc(C(=O)N3CCC(F)(CN4CCC(n5ccc6cc(N7CCC(=O)NC7=O)ccc65)CC4)CC3)cc2)CN(c2cc(-c3ccccc3O)nnc2N)[C@H]1C. The number of carbonyl (C=O) groups is 3. The summed E-state index contributed by atoms with van der Waals surface area (Å²) in [5, 5.41) is 22.3. The molecule has 0 aliphatic carbocycles. The highest BCUT2D eigenvalue weighted by Gasteiger charge is 2.39. The molecule has 14 nitrogen and oxygen atoms in total. The van der Waals surface area contributed by atoms with Gasteiger partial charge in [0.15, 0.2) is 5.82 Å². The van der Waals surface area contributed by atoms with Crippen molar-refractivity contribution in [2.24, 2.45) is 0 Å². The summed E-state index contributed by atoms with van der Waals surface area (Å²) in [4.78, 5) is 45.4. The molecular weight excluding hydrogens is 778 g/mol. The van der Waals surface area contributed by atoms with Crippen molar-refractivity contribution in [2.45, 2.75) is 75.9 Å². The Balaban J connectivity index is 0.778. The molecule has 0 bridgehead atoms. The van der Waals surface area contributed by atoms with Gasteiger partial charge in [0.05, 0.1) is 23.5 Å². The number of aromatic hydroxyl groups is 1. The van der Waals surface area contributed by atoms with Crippen LogP contribution >= 0.6 is 0 Å². The van der Waals surface area contributed by atoms with Crippen LogP contribution in [0.2, 0.25) is 0 Å². The van der Waals surface area contributed by atoms with Crippen LogP contribution in [-0.4, -0.2) is 111 Å². The second-order valence-electron chi connectivity index (χ2n) is 17.0. The molecule has 4 aliphatic heterocycles. The zero-order valence-corrected chi connectivity index (χ0v) is 34.5. The number of phenolic OH excluding ortho intramolecular Hbond substituents is 1. The number of ether oxygens (including phenoxy) is 1. The number of para-hydroxylation sites is 1. The van der Waals surface area contributed by atoms with Crippen LogP contribution in [0.3, 0.4) is 0 Å². The Morgan fingerprint density at radius 2 is 1.70 bits per heavy atom. The number of phenols is 1. The van der Waals surface area contributed by atoms with Gasteiger partial charge < -0.3 is 34.8 Å². The average molecular weight is 830 g/mol. The minimum atomic E-state index is -1.36. The molecule has 4 saturated heterocycles. The summed E-state index contributed by atoms with van der Waals surface area (Å²) in [6.45, 7) is 7.61. The maximum atomic E-state index is 16.4. The molecule has 0 radical (unpaired) electrons. The van der Waals surface area contributed by atoms with Gasteiger partial charge >= 0.3 is 6.03 Å². The predicted octanol–water partition coefficient (Wildman–Crippen LogP) is 6.47. The summed E-state index contributed by atoms with van der Waals surface area (Å²) in [5.74, 6) is 0.0420. The fourth-order valence-corrected chi connectivity index (χ4v) is 9.46. The normalized spacial score (nSPS) is 22.7. The van der Waals surface area contributed by atoms with E-state index in [-0.39, 0.29) is 54.1 Å². The topological polar surface area (TPSA) is 162 Å². The first kappa shape index (κ1) is 40.4. The van der Waals surface area contributed by atoms with E-state index in [0.717, 1.165) is 48.1 Å². The van der Waals surface area contributed by atoms with E-state index in [1.54, 1.807) is 28.0 Å². The van der Waals surface area contributed by atoms with E-state index in [4.69, 9.17) is 10.5 Å². The Kier molecular flexibility index (Phi) is 10.9. The first-order valence-electron chi connectivity index (χ1n) is 21.3. The molecule has 2 aromatic heterocycles. The smallest absolute Gasteiger partial charge is 0.328 e. The Morgan fingerprint density at radius 1 is 0.951 bits per heavy atom. The highest BCUT2D eigenvalue weighted by atomic mass is 19.1. The number of hydrogen-bond donors (Lipinski definition) is 3. The highest BCUT2D eigenvalue weighted by Crippen LogP contribution is 2.38. The molecule has 6 heterocycles. The maximum absolute atomic E-state index is 16.4. The molecule has 3 atom stereocenters. The molecule has 5 aromatic rings. The molecule has 0 spiro atoms.